The van der Waals surface area contributed by atoms with E-state index in [1.807, 2.05) is 0 Å². The van der Waals surface area contributed by atoms with Crippen molar-refractivity contribution in [3.8, 4) is 11.5 Å². The average Bonchev–Trinajstić information content (AvgIpc) is 2.59. The third-order valence-corrected chi connectivity index (χ3v) is 3.48. The number of amides is 1. The van der Waals surface area contributed by atoms with Crippen LogP contribution in [0.1, 0.15) is 10.4 Å². The van der Waals surface area contributed by atoms with Crippen LogP contribution in [0.25, 0.3) is 0 Å². The zero-order valence-electron chi connectivity index (χ0n) is 13.7. The van der Waals surface area contributed by atoms with Gasteiger partial charge in [-0.3, -0.25) is 4.79 Å². The normalized spacial score (nSPS) is 10.0. The fraction of sp³-hybridized carbons (Fsp3) is 0.176. The molecule has 25 heavy (non-hydrogen) atoms. The molecule has 0 fully saturated rings. The van der Waals surface area contributed by atoms with Crippen molar-refractivity contribution in [1.82, 2.24) is 0 Å². The first-order valence-electron chi connectivity index (χ1n) is 7.18. The van der Waals surface area contributed by atoms with Crippen LogP contribution in [-0.2, 0) is 9.53 Å². The van der Waals surface area contributed by atoms with Gasteiger partial charge >= 0.3 is 5.97 Å². The minimum Gasteiger partial charge on any atom is -0.497 e. The molecule has 0 radical (unpaired) electrons. The Hall–Kier alpha value is -2.93. The molecule has 0 saturated carbocycles. The molecule has 2 aromatic carbocycles. The van der Waals surface area contributed by atoms with Gasteiger partial charge in [0.1, 0.15) is 11.5 Å². The average molecular weight is 365 g/mol. The van der Waals surface area contributed by atoms with Crippen LogP contribution in [0.3, 0.4) is 0 Å². The second kappa shape index (κ2) is 8.25. The van der Waals surface area contributed by atoms with Crippen molar-refractivity contribution in [3.05, 3.63) is 47.0 Å². The Kier molecular flexibility index (Phi) is 6.08. The molecule has 0 spiro atoms. The van der Waals surface area contributed by atoms with Gasteiger partial charge in [0, 0.05) is 16.8 Å². The van der Waals surface area contributed by atoms with Gasteiger partial charge in [-0.2, -0.15) is 0 Å². The molecule has 2 aromatic rings. The number of benzene rings is 2. The molecule has 7 nitrogen and oxygen atoms in total. The van der Waals surface area contributed by atoms with Gasteiger partial charge in [-0.15, -0.1) is 0 Å². The Morgan fingerprint density at radius 2 is 1.88 bits per heavy atom. The predicted octanol–water partition coefficient (Wildman–Crippen LogP) is 2.73. The number of carbonyl (C=O) groups is 2. The molecular formula is C17H17ClN2O5. The van der Waals surface area contributed by atoms with Crippen molar-refractivity contribution < 1.29 is 23.8 Å². The number of halogens is 1. The van der Waals surface area contributed by atoms with Crippen molar-refractivity contribution in [2.24, 2.45) is 0 Å². The van der Waals surface area contributed by atoms with Crippen LogP contribution in [-0.4, -0.2) is 32.7 Å². The molecule has 8 heteroatoms. The number of nitrogens with two attached hydrogens (primary N) is 1. The van der Waals surface area contributed by atoms with Crippen LogP contribution < -0.4 is 20.5 Å². The maximum absolute atomic E-state index is 12.0. The van der Waals surface area contributed by atoms with E-state index in [4.69, 9.17) is 31.5 Å². The number of rotatable bonds is 6. The number of esters is 1. The molecule has 0 bridgehead atoms. The van der Waals surface area contributed by atoms with E-state index in [9.17, 15) is 9.59 Å². The fourth-order valence-electron chi connectivity index (χ4n) is 2.03. The van der Waals surface area contributed by atoms with Crippen molar-refractivity contribution in [1.29, 1.82) is 0 Å². The minimum absolute atomic E-state index is 0.135. The highest BCUT2D eigenvalue weighted by Gasteiger charge is 2.15. The summed E-state index contributed by atoms with van der Waals surface area (Å²) in [7, 11) is 2.98. The maximum atomic E-state index is 12.0. The lowest BCUT2D eigenvalue weighted by atomic mass is 10.2. The lowest BCUT2D eigenvalue weighted by molar-refractivity contribution is -0.119. The Morgan fingerprint density at radius 1 is 1.12 bits per heavy atom. The van der Waals surface area contributed by atoms with Gasteiger partial charge in [0.25, 0.3) is 5.91 Å². The molecule has 0 aliphatic heterocycles. The number of methoxy groups -OCH3 is 2. The summed E-state index contributed by atoms with van der Waals surface area (Å²) < 4.78 is 15.2. The Labute approximate surface area is 149 Å². The number of anilines is 2. The Bertz CT molecular complexity index is 795. The van der Waals surface area contributed by atoms with E-state index in [1.165, 1.54) is 32.4 Å². The first-order chi connectivity index (χ1) is 11.9. The summed E-state index contributed by atoms with van der Waals surface area (Å²) in [5.41, 5.74) is 6.41. The molecule has 0 aromatic heterocycles. The van der Waals surface area contributed by atoms with Crippen LogP contribution in [0, 0.1) is 0 Å². The first kappa shape index (κ1) is 18.4. The summed E-state index contributed by atoms with van der Waals surface area (Å²) >= 11 is 5.77. The van der Waals surface area contributed by atoms with Crippen LogP contribution in [0.15, 0.2) is 36.4 Å². The molecule has 0 aliphatic rings. The zero-order chi connectivity index (χ0) is 18.4. The van der Waals surface area contributed by atoms with Crippen molar-refractivity contribution in [2.45, 2.75) is 0 Å². The molecule has 0 saturated heterocycles. The molecule has 0 atom stereocenters. The predicted molar refractivity (Wildman–Crippen MR) is 94.3 cm³/mol. The summed E-state index contributed by atoms with van der Waals surface area (Å²) in [6.07, 6.45) is 0. The van der Waals surface area contributed by atoms with Crippen LogP contribution in [0.4, 0.5) is 11.4 Å². The molecule has 3 N–H and O–H groups in total. The summed E-state index contributed by atoms with van der Waals surface area (Å²) in [5.74, 6) is -0.265. The molecule has 0 unspecified atom stereocenters. The zero-order valence-corrected chi connectivity index (χ0v) is 14.4. The molecular weight excluding hydrogens is 348 g/mol. The molecule has 132 valence electrons. The summed E-state index contributed by atoms with van der Waals surface area (Å²) in [5, 5.41) is 2.99. The van der Waals surface area contributed by atoms with E-state index >= 15 is 0 Å². The second-order valence-electron chi connectivity index (χ2n) is 4.92. The van der Waals surface area contributed by atoms with Gasteiger partial charge in [-0.25, -0.2) is 4.79 Å². The first-order valence-corrected chi connectivity index (χ1v) is 7.56. The van der Waals surface area contributed by atoms with E-state index in [1.54, 1.807) is 18.2 Å². The topological polar surface area (TPSA) is 99.9 Å². The van der Waals surface area contributed by atoms with Crippen LogP contribution in [0.5, 0.6) is 11.5 Å². The van der Waals surface area contributed by atoms with E-state index in [-0.39, 0.29) is 11.3 Å². The number of hydrogen-bond donors (Lipinski definition) is 2. The van der Waals surface area contributed by atoms with Gasteiger partial charge in [-0.05, 0) is 30.3 Å². The van der Waals surface area contributed by atoms with Crippen molar-refractivity contribution in [3.63, 3.8) is 0 Å². The van der Waals surface area contributed by atoms with Gasteiger partial charge in [0.15, 0.2) is 6.61 Å². The van der Waals surface area contributed by atoms with Gasteiger partial charge in [0.2, 0.25) is 0 Å². The van der Waals surface area contributed by atoms with E-state index in [0.29, 0.717) is 22.2 Å². The lowest BCUT2D eigenvalue weighted by Crippen LogP contribution is -2.21. The number of nitrogen functional groups attached to an aromatic ring is 1. The number of ether oxygens (including phenoxy) is 3. The van der Waals surface area contributed by atoms with Crippen molar-refractivity contribution >= 4 is 34.9 Å². The standard InChI is InChI=1S/C17H17ClN2O5/c1-23-11-4-6-15(24-2)14(8-11)20-16(21)9-25-17(22)12-5-3-10(18)7-13(12)19/h3-8H,9,19H2,1-2H3,(H,20,21). The number of carbonyl (C=O) groups excluding carboxylic acids is 2. The largest absolute Gasteiger partial charge is 0.497 e. The molecule has 0 aliphatic carbocycles. The highest BCUT2D eigenvalue weighted by Crippen LogP contribution is 2.28. The quantitative estimate of drug-likeness (QED) is 0.604. The van der Waals surface area contributed by atoms with Crippen LogP contribution >= 0.6 is 11.6 Å². The third-order valence-electron chi connectivity index (χ3n) is 3.25. The highest BCUT2D eigenvalue weighted by molar-refractivity contribution is 6.31. The highest BCUT2D eigenvalue weighted by atomic mass is 35.5. The maximum Gasteiger partial charge on any atom is 0.340 e. The lowest BCUT2D eigenvalue weighted by Gasteiger charge is -2.12. The SMILES string of the molecule is COc1ccc(OC)c(NC(=O)COC(=O)c2ccc(Cl)cc2N)c1. The second-order valence-corrected chi connectivity index (χ2v) is 5.36. The summed E-state index contributed by atoms with van der Waals surface area (Å²) in [6.45, 7) is -0.485. The summed E-state index contributed by atoms with van der Waals surface area (Å²) in [6, 6.07) is 9.31. The van der Waals surface area contributed by atoms with Gasteiger partial charge in [0.05, 0.1) is 25.5 Å². The molecule has 2 rings (SSSR count). The third kappa shape index (κ3) is 4.77. The number of nitrogens with one attached hydrogen (secondary N) is 1. The fourth-order valence-corrected chi connectivity index (χ4v) is 2.21. The Morgan fingerprint density at radius 3 is 2.52 bits per heavy atom. The van der Waals surface area contributed by atoms with Crippen LogP contribution in [0.2, 0.25) is 5.02 Å². The van der Waals surface area contributed by atoms with E-state index in [2.05, 4.69) is 5.32 Å². The minimum atomic E-state index is -0.720. The van der Waals surface area contributed by atoms with Crippen molar-refractivity contribution in [2.75, 3.05) is 31.9 Å². The Balaban J connectivity index is 2.00. The summed E-state index contributed by atoms with van der Waals surface area (Å²) in [4.78, 5) is 24.0. The number of hydrogen-bond acceptors (Lipinski definition) is 6. The molecule has 1 amide bonds. The van der Waals surface area contributed by atoms with E-state index in [0.717, 1.165) is 0 Å². The van der Waals surface area contributed by atoms with Gasteiger partial charge in [-0.1, -0.05) is 11.6 Å². The van der Waals surface area contributed by atoms with E-state index < -0.39 is 18.5 Å². The van der Waals surface area contributed by atoms with Gasteiger partial charge < -0.3 is 25.3 Å². The monoisotopic (exact) mass is 364 g/mol. The molecule has 0 heterocycles. The smallest absolute Gasteiger partial charge is 0.340 e.